The van der Waals surface area contributed by atoms with Gasteiger partial charge in [-0.05, 0) is 19.3 Å². The Morgan fingerprint density at radius 1 is 1.30 bits per heavy atom. The summed E-state index contributed by atoms with van der Waals surface area (Å²) in [5.74, 6) is 0.0370. The van der Waals surface area contributed by atoms with Crippen LogP contribution in [0, 0.1) is 0 Å². The van der Waals surface area contributed by atoms with Crippen molar-refractivity contribution in [3.05, 3.63) is 11.9 Å². The summed E-state index contributed by atoms with van der Waals surface area (Å²) in [6.07, 6.45) is 3.95. The highest BCUT2D eigenvalue weighted by Gasteiger charge is 1.87. The molecule has 62 valence electrons. The molecule has 0 saturated heterocycles. The Morgan fingerprint density at radius 2 is 1.80 bits per heavy atom. The quantitative estimate of drug-likeness (QED) is 0.563. The zero-order chi connectivity index (χ0) is 8.41. The van der Waals surface area contributed by atoms with E-state index in [0.717, 1.165) is 12.8 Å². The first kappa shape index (κ1) is 12.4. The van der Waals surface area contributed by atoms with E-state index in [9.17, 15) is 4.39 Å². The number of hydrogen-bond donors (Lipinski definition) is 0. The minimum absolute atomic E-state index is 0.0370. The third-order valence-electron chi connectivity index (χ3n) is 0.914. The van der Waals surface area contributed by atoms with E-state index in [4.69, 9.17) is 0 Å². The first-order chi connectivity index (χ1) is 4.81. The first-order valence-corrected chi connectivity index (χ1v) is 4.15. The van der Waals surface area contributed by atoms with Crippen LogP contribution in [0.25, 0.3) is 0 Å². The lowest BCUT2D eigenvalue weighted by Crippen LogP contribution is -1.70. The average Bonchev–Trinajstić information content (AvgIpc) is 1.93. The van der Waals surface area contributed by atoms with Gasteiger partial charge in [-0.1, -0.05) is 33.8 Å². The second-order valence-electron chi connectivity index (χ2n) is 1.81. The van der Waals surface area contributed by atoms with E-state index in [0.29, 0.717) is 6.42 Å². The van der Waals surface area contributed by atoms with Crippen LogP contribution in [0.1, 0.15) is 47.0 Å². The van der Waals surface area contributed by atoms with E-state index < -0.39 is 0 Å². The van der Waals surface area contributed by atoms with Gasteiger partial charge in [0, 0.05) is 0 Å². The van der Waals surface area contributed by atoms with Crippen molar-refractivity contribution < 1.29 is 4.39 Å². The summed E-state index contributed by atoms with van der Waals surface area (Å²) in [7, 11) is 0. The first-order valence-electron chi connectivity index (χ1n) is 4.15. The standard InChI is InChI=1S/C7H13F.C2H6/c1-3-5-7(8)6-4-2;1-2/h5H,3-4,6H2,1-2H3;1-2H3/b7-5+;. The molecule has 0 N–H and O–H groups in total. The highest BCUT2D eigenvalue weighted by atomic mass is 19.1. The van der Waals surface area contributed by atoms with Crippen molar-refractivity contribution in [2.75, 3.05) is 0 Å². The molecule has 1 heteroatoms. The van der Waals surface area contributed by atoms with Crippen molar-refractivity contribution in [2.45, 2.75) is 47.0 Å². The fraction of sp³-hybridized carbons (Fsp3) is 0.778. The molecule has 0 nitrogen and oxygen atoms in total. The smallest absolute Gasteiger partial charge is 0.0959 e. The number of halogens is 1. The molecule has 0 rings (SSSR count). The predicted molar refractivity (Wildman–Crippen MR) is 45.7 cm³/mol. The normalized spacial score (nSPS) is 10.3. The summed E-state index contributed by atoms with van der Waals surface area (Å²) >= 11 is 0. The van der Waals surface area contributed by atoms with Gasteiger partial charge in [0.1, 0.15) is 0 Å². The van der Waals surface area contributed by atoms with E-state index >= 15 is 0 Å². The molecular weight excluding hydrogens is 127 g/mol. The fourth-order valence-electron chi connectivity index (χ4n) is 0.562. The molecule has 10 heavy (non-hydrogen) atoms. The molecule has 0 radical (unpaired) electrons. The van der Waals surface area contributed by atoms with Crippen LogP contribution >= 0.6 is 0 Å². The minimum Gasteiger partial charge on any atom is -0.212 e. The third kappa shape index (κ3) is 10.6. The summed E-state index contributed by atoms with van der Waals surface area (Å²) < 4.78 is 12.3. The minimum atomic E-state index is 0.0370. The van der Waals surface area contributed by atoms with Crippen molar-refractivity contribution in [3.8, 4) is 0 Å². The summed E-state index contributed by atoms with van der Waals surface area (Å²) in [6.45, 7) is 7.92. The van der Waals surface area contributed by atoms with Gasteiger partial charge in [-0.25, -0.2) is 4.39 Å². The van der Waals surface area contributed by atoms with Crippen LogP contribution in [-0.2, 0) is 0 Å². The van der Waals surface area contributed by atoms with E-state index in [1.54, 1.807) is 6.08 Å². The molecule has 0 fully saturated rings. The lowest BCUT2D eigenvalue weighted by Gasteiger charge is -1.88. The molecule has 0 atom stereocenters. The molecule has 0 amide bonds. The SMILES string of the molecule is CC.CC/C=C(/F)CCC. The van der Waals surface area contributed by atoms with Gasteiger partial charge in [0.2, 0.25) is 0 Å². The summed E-state index contributed by atoms with van der Waals surface area (Å²) in [6, 6.07) is 0. The largest absolute Gasteiger partial charge is 0.212 e. The van der Waals surface area contributed by atoms with Crippen molar-refractivity contribution in [1.82, 2.24) is 0 Å². The molecule has 0 aliphatic rings. The van der Waals surface area contributed by atoms with Crippen molar-refractivity contribution in [2.24, 2.45) is 0 Å². The molecule has 0 heterocycles. The molecule has 0 aromatic rings. The van der Waals surface area contributed by atoms with Crippen LogP contribution in [-0.4, -0.2) is 0 Å². The van der Waals surface area contributed by atoms with E-state index in [1.165, 1.54) is 0 Å². The highest BCUT2D eigenvalue weighted by molar-refractivity contribution is 4.89. The van der Waals surface area contributed by atoms with Crippen LogP contribution in [0.2, 0.25) is 0 Å². The molecule has 0 saturated carbocycles. The number of allylic oxidation sites excluding steroid dienone is 2. The molecule has 0 aromatic heterocycles. The second kappa shape index (κ2) is 11.5. The summed E-state index contributed by atoms with van der Waals surface area (Å²) in [4.78, 5) is 0. The second-order valence-corrected chi connectivity index (χ2v) is 1.81. The molecule has 0 aliphatic heterocycles. The van der Waals surface area contributed by atoms with Gasteiger partial charge in [0.15, 0.2) is 0 Å². The number of rotatable bonds is 3. The predicted octanol–water partition coefficient (Wildman–Crippen LogP) is 4.08. The van der Waals surface area contributed by atoms with Crippen molar-refractivity contribution in [3.63, 3.8) is 0 Å². The Balaban J connectivity index is 0. The van der Waals surface area contributed by atoms with E-state index in [1.807, 2.05) is 27.7 Å². The molecule has 0 spiro atoms. The molecule has 0 aromatic carbocycles. The fourth-order valence-corrected chi connectivity index (χ4v) is 0.562. The maximum Gasteiger partial charge on any atom is 0.0959 e. The van der Waals surface area contributed by atoms with Gasteiger partial charge in [-0.2, -0.15) is 0 Å². The van der Waals surface area contributed by atoms with Gasteiger partial charge >= 0.3 is 0 Å². The van der Waals surface area contributed by atoms with Crippen LogP contribution in [0.4, 0.5) is 4.39 Å². The third-order valence-corrected chi connectivity index (χ3v) is 0.914. The topological polar surface area (TPSA) is 0 Å². The Morgan fingerprint density at radius 3 is 2.10 bits per heavy atom. The maximum absolute atomic E-state index is 12.3. The summed E-state index contributed by atoms with van der Waals surface area (Å²) in [5, 5.41) is 0. The zero-order valence-corrected chi connectivity index (χ0v) is 7.58. The van der Waals surface area contributed by atoms with Crippen LogP contribution in [0.3, 0.4) is 0 Å². The van der Waals surface area contributed by atoms with E-state index in [-0.39, 0.29) is 5.83 Å². The van der Waals surface area contributed by atoms with Gasteiger partial charge < -0.3 is 0 Å². The van der Waals surface area contributed by atoms with Gasteiger partial charge in [-0.3, -0.25) is 0 Å². The lowest BCUT2D eigenvalue weighted by molar-refractivity contribution is 0.579. The Hall–Kier alpha value is -0.330. The average molecular weight is 146 g/mol. The van der Waals surface area contributed by atoms with Crippen molar-refractivity contribution >= 4 is 0 Å². The monoisotopic (exact) mass is 146 g/mol. The molecule has 0 bridgehead atoms. The zero-order valence-electron chi connectivity index (χ0n) is 7.58. The van der Waals surface area contributed by atoms with Crippen LogP contribution in [0.5, 0.6) is 0 Å². The Bertz CT molecular complexity index is 74.8. The van der Waals surface area contributed by atoms with Crippen LogP contribution in [0.15, 0.2) is 11.9 Å². The Labute approximate surface area is 64.1 Å². The molecular formula is C9H19F. The highest BCUT2D eigenvalue weighted by Crippen LogP contribution is 2.05. The van der Waals surface area contributed by atoms with Gasteiger partial charge in [-0.15, -0.1) is 0 Å². The molecule has 0 unspecified atom stereocenters. The van der Waals surface area contributed by atoms with Gasteiger partial charge in [0.05, 0.1) is 5.83 Å². The Kier molecular flexibility index (Phi) is 14.2. The van der Waals surface area contributed by atoms with Gasteiger partial charge in [0.25, 0.3) is 0 Å². The number of hydrogen-bond acceptors (Lipinski definition) is 0. The van der Waals surface area contributed by atoms with E-state index in [2.05, 4.69) is 0 Å². The van der Waals surface area contributed by atoms with Crippen LogP contribution < -0.4 is 0 Å². The van der Waals surface area contributed by atoms with Crippen molar-refractivity contribution in [1.29, 1.82) is 0 Å². The lowest BCUT2D eigenvalue weighted by atomic mass is 10.3. The summed E-state index contributed by atoms with van der Waals surface area (Å²) in [5.41, 5.74) is 0. The maximum atomic E-state index is 12.3. The molecule has 0 aliphatic carbocycles.